The third-order valence-electron chi connectivity index (χ3n) is 3.37. The normalized spacial score (nSPS) is 10.4. The van der Waals surface area contributed by atoms with Crippen LogP contribution in [0, 0.1) is 13.8 Å². The highest BCUT2D eigenvalue weighted by atomic mass is 16.5. The molecule has 1 heterocycles. The van der Waals surface area contributed by atoms with Crippen LogP contribution in [0.5, 0.6) is 5.75 Å². The molecular formula is C15H19N3O2. The monoisotopic (exact) mass is 273 g/mol. The van der Waals surface area contributed by atoms with Crippen molar-refractivity contribution >= 4 is 11.6 Å². The van der Waals surface area contributed by atoms with Crippen LogP contribution in [0.15, 0.2) is 24.3 Å². The standard InChI is InChI=1S/C15H19N3O2/c1-10-14(11(2)18(3)17-10)9-15(19)16-12-5-7-13(20-4)8-6-12/h5-8H,9H2,1-4H3,(H,16,19). The average Bonchev–Trinajstić information content (AvgIpc) is 2.66. The first kappa shape index (κ1) is 14.1. The lowest BCUT2D eigenvalue weighted by Gasteiger charge is -2.06. The average molecular weight is 273 g/mol. The molecule has 5 heteroatoms. The first-order valence-corrected chi connectivity index (χ1v) is 6.44. The molecule has 5 nitrogen and oxygen atoms in total. The van der Waals surface area contributed by atoms with E-state index in [0.717, 1.165) is 28.4 Å². The summed E-state index contributed by atoms with van der Waals surface area (Å²) in [6.45, 7) is 3.89. The maximum atomic E-state index is 12.1. The number of aromatic nitrogens is 2. The van der Waals surface area contributed by atoms with Crippen LogP contribution in [-0.2, 0) is 18.3 Å². The minimum absolute atomic E-state index is 0.0469. The van der Waals surface area contributed by atoms with Gasteiger partial charge < -0.3 is 10.1 Å². The summed E-state index contributed by atoms with van der Waals surface area (Å²) in [4.78, 5) is 12.1. The van der Waals surface area contributed by atoms with Crippen molar-refractivity contribution in [1.29, 1.82) is 0 Å². The SMILES string of the molecule is COc1ccc(NC(=O)Cc2c(C)nn(C)c2C)cc1. The van der Waals surface area contributed by atoms with Crippen LogP contribution in [0.2, 0.25) is 0 Å². The van der Waals surface area contributed by atoms with E-state index in [0.29, 0.717) is 6.42 Å². The third kappa shape index (κ3) is 2.99. The topological polar surface area (TPSA) is 56.1 Å². The van der Waals surface area contributed by atoms with E-state index in [4.69, 9.17) is 4.74 Å². The van der Waals surface area contributed by atoms with Gasteiger partial charge in [0, 0.05) is 24.0 Å². The van der Waals surface area contributed by atoms with Gasteiger partial charge in [0.1, 0.15) is 5.75 Å². The molecule has 0 aliphatic rings. The number of hydrogen-bond acceptors (Lipinski definition) is 3. The summed E-state index contributed by atoms with van der Waals surface area (Å²) < 4.78 is 6.88. The molecule has 2 rings (SSSR count). The second kappa shape index (κ2) is 5.77. The number of carbonyl (C=O) groups excluding carboxylic acids is 1. The van der Waals surface area contributed by atoms with Gasteiger partial charge >= 0.3 is 0 Å². The third-order valence-corrected chi connectivity index (χ3v) is 3.37. The second-order valence-electron chi connectivity index (χ2n) is 4.73. The number of amides is 1. The van der Waals surface area contributed by atoms with E-state index in [1.807, 2.05) is 45.2 Å². The van der Waals surface area contributed by atoms with Crippen LogP contribution in [0.4, 0.5) is 5.69 Å². The number of benzene rings is 1. The van der Waals surface area contributed by atoms with E-state index >= 15 is 0 Å². The van der Waals surface area contributed by atoms with Gasteiger partial charge in [0.2, 0.25) is 5.91 Å². The Kier molecular flexibility index (Phi) is 4.08. The van der Waals surface area contributed by atoms with Crippen LogP contribution in [0.1, 0.15) is 17.0 Å². The Morgan fingerprint density at radius 3 is 2.45 bits per heavy atom. The number of anilines is 1. The van der Waals surface area contributed by atoms with E-state index in [-0.39, 0.29) is 5.91 Å². The summed E-state index contributed by atoms with van der Waals surface area (Å²) in [6.07, 6.45) is 0.331. The molecular weight excluding hydrogens is 254 g/mol. The van der Waals surface area contributed by atoms with Crippen LogP contribution in [0.25, 0.3) is 0 Å². The Bertz CT molecular complexity index is 615. The molecule has 0 spiro atoms. The predicted molar refractivity (Wildman–Crippen MR) is 78.0 cm³/mol. The van der Waals surface area contributed by atoms with Gasteiger partial charge in [-0.3, -0.25) is 9.48 Å². The second-order valence-corrected chi connectivity index (χ2v) is 4.73. The summed E-state index contributed by atoms with van der Waals surface area (Å²) in [6, 6.07) is 7.27. The van der Waals surface area contributed by atoms with Gasteiger partial charge in [-0.05, 0) is 38.1 Å². The molecule has 106 valence electrons. The molecule has 0 bridgehead atoms. The summed E-state index contributed by atoms with van der Waals surface area (Å²) in [5.41, 5.74) is 3.66. The van der Waals surface area contributed by atoms with Gasteiger partial charge in [0.05, 0.1) is 19.2 Å². The fourth-order valence-electron chi connectivity index (χ4n) is 2.11. The number of carbonyl (C=O) groups is 1. The van der Waals surface area contributed by atoms with Crippen molar-refractivity contribution in [2.75, 3.05) is 12.4 Å². The number of hydrogen-bond donors (Lipinski definition) is 1. The quantitative estimate of drug-likeness (QED) is 0.929. The summed E-state index contributed by atoms with van der Waals surface area (Å²) in [7, 11) is 3.49. The van der Waals surface area contributed by atoms with E-state index in [1.165, 1.54) is 0 Å². The van der Waals surface area contributed by atoms with Gasteiger partial charge in [0.25, 0.3) is 0 Å². The molecule has 0 fully saturated rings. The highest BCUT2D eigenvalue weighted by molar-refractivity contribution is 5.92. The molecule has 0 atom stereocenters. The smallest absolute Gasteiger partial charge is 0.228 e. The van der Waals surface area contributed by atoms with Gasteiger partial charge in [-0.1, -0.05) is 0 Å². The van der Waals surface area contributed by atoms with Gasteiger partial charge in [0.15, 0.2) is 0 Å². The number of ether oxygens (including phenoxy) is 1. The Balaban J connectivity index is 2.05. The minimum Gasteiger partial charge on any atom is -0.497 e. The van der Waals surface area contributed by atoms with E-state index in [9.17, 15) is 4.79 Å². The van der Waals surface area contributed by atoms with Gasteiger partial charge in [-0.25, -0.2) is 0 Å². The zero-order valence-electron chi connectivity index (χ0n) is 12.2. The Hall–Kier alpha value is -2.30. The maximum Gasteiger partial charge on any atom is 0.228 e. The Labute approximate surface area is 118 Å². The molecule has 1 aromatic heterocycles. The van der Waals surface area contributed by atoms with Crippen LogP contribution in [-0.4, -0.2) is 22.8 Å². The van der Waals surface area contributed by atoms with Crippen molar-refractivity contribution in [2.24, 2.45) is 7.05 Å². The molecule has 0 radical (unpaired) electrons. The highest BCUT2D eigenvalue weighted by Crippen LogP contribution is 2.17. The molecule has 0 aliphatic heterocycles. The predicted octanol–water partition coefficient (Wildman–Crippen LogP) is 2.23. The summed E-state index contributed by atoms with van der Waals surface area (Å²) in [5, 5.41) is 7.19. The van der Waals surface area contributed by atoms with Crippen molar-refractivity contribution in [3.8, 4) is 5.75 Å². The van der Waals surface area contributed by atoms with Crippen molar-refractivity contribution in [2.45, 2.75) is 20.3 Å². The molecule has 0 saturated heterocycles. The lowest BCUT2D eigenvalue weighted by molar-refractivity contribution is -0.115. The van der Waals surface area contributed by atoms with Crippen molar-refractivity contribution < 1.29 is 9.53 Å². The molecule has 0 unspecified atom stereocenters. The minimum atomic E-state index is -0.0469. The molecule has 1 amide bonds. The van der Waals surface area contributed by atoms with Crippen LogP contribution < -0.4 is 10.1 Å². The number of aryl methyl sites for hydroxylation is 2. The number of nitrogens with zero attached hydrogens (tertiary/aromatic N) is 2. The highest BCUT2D eigenvalue weighted by Gasteiger charge is 2.13. The first-order valence-electron chi connectivity index (χ1n) is 6.44. The zero-order valence-corrected chi connectivity index (χ0v) is 12.2. The fourth-order valence-corrected chi connectivity index (χ4v) is 2.11. The van der Waals surface area contributed by atoms with Crippen LogP contribution in [0.3, 0.4) is 0 Å². The fraction of sp³-hybridized carbons (Fsp3) is 0.333. The molecule has 0 aliphatic carbocycles. The lowest BCUT2D eigenvalue weighted by atomic mass is 10.1. The first-order chi connectivity index (χ1) is 9.51. The lowest BCUT2D eigenvalue weighted by Crippen LogP contribution is -2.15. The molecule has 2 aromatic rings. The van der Waals surface area contributed by atoms with E-state index < -0.39 is 0 Å². The molecule has 1 aromatic carbocycles. The molecule has 0 saturated carbocycles. The van der Waals surface area contributed by atoms with E-state index in [1.54, 1.807) is 11.8 Å². The molecule has 20 heavy (non-hydrogen) atoms. The van der Waals surface area contributed by atoms with Gasteiger partial charge in [-0.2, -0.15) is 5.10 Å². The Morgan fingerprint density at radius 2 is 1.95 bits per heavy atom. The van der Waals surface area contributed by atoms with Crippen molar-refractivity contribution in [1.82, 2.24) is 9.78 Å². The molecule has 1 N–H and O–H groups in total. The summed E-state index contributed by atoms with van der Waals surface area (Å²) in [5.74, 6) is 0.719. The largest absolute Gasteiger partial charge is 0.497 e. The number of nitrogens with one attached hydrogen (secondary N) is 1. The number of rotatable bonds is 4. The van der Waals surface area contributed by atoms with E-state index in [2.05, 4.69) is 10.4 Å². The maximum absolute atomic E-state index is 12.1. The number of methoxy groups -OCH3 is 1. The van der Waals surface area contributed by atoms with Crippen molar-refractivity contribution in [3.05, 3.63) is 41.2 Å². The zero-order chi connectivity index (χ0) is 14.7. The van der Waals surface area contributed by atoms with Crippen LogP contribution >= 0.6 is 0 Å². The summed E-state index contributed by atoms with van der Waals surface area (Å²) >= 11 is 0. The van der Waals surface area contributed by atoms with Crippen molar-refractivity contribution in [3.63, 3.8) is 0 Å². The van der Waals surface area contributed by atoms with Gasteiger partial charge in [-0.15, -0.1) is 0 Å². The Morgan fingerprint density at radius 1 is 1.30 bits per heavy atom.